The molecule has 0 aliphatic heterocycles. The Morgan fingerprint density at radius 1 is 0.952 bits per heavy atom. The van der Waals surface area contributed by atoms with Crippen LogP contribution >= 0.6 is 0 Å². The summed E-state index contributed by atoms with van der Waals surface area (Å²) in [5.41, 5.74) is 8.71. The fraction of sp³-hybridized carbons (Fsp3) is 0.500. The van der Waals surface area contributed by atoms with Gasteiger partial charge in [-0.2, -0.15) is 0 Å². The maximum atomic E-state index is 10.6. The fourth-order valence-corrected chi connectivity index (χ4v) is 3.89. The van der Waals surface area contributed by atoms with Crippen LogP contribution in [0.2, 0.25) is 0 Å². The first-order valence-electron chi connectivity index (χ1n) is 7.78. The molecule has 114 valence electrons. The van der Waals surface area contributed by atoms with Gasteiger partial charge in [0.2, 0.25) is 0 Å². The van der Waals surface area contributed by atoms with E-state index in [1.807, 2.05) is 13.0 Å². The van der Waals surface area contributed by atoms with E-state index in [1.165, 1.54) is 27.9 Å². The Hall–Kier alpha value is -1.50. The van der Waals surface area contributed by atoms with E-state index in [9.17, 15) is 5.11 Å². The van der Waals surface area contributed by atoms with Gasteiger partial charge in [-0.25, -0.2) is 0 Å². The van der Waals surface area contributed by atoms with E-state index in [4.69, 9.17) is 0 Å². The topological polar surface area (TPSA) is 20.2 Å². The van der Waals surface area contributed by atoms with Gasteiger partial charge in [0.15, 0.2) is 0 Å². The molecule has 1 aromatic carbocycles. The molecule has 0 aromatic heterocycles. The SMILES string of the molecule is CC1=C(C)C(C)C(C)=C1C(C)(C)c1cc(C)cc(C)c1O. The van der Waals surface area contributed by atoms with E-state index >= 15 is 0 Å². The molecule has 0 saturated carbocycles. The molecule has 0 saturated heterocycles. The molecule has 1 atom stereocenters. The van der Waals surface area contributed by atoms with Gasteiger partial charge in [-0.1, -0.05) is 49.6 Å². The minimum atomic E-state index is -0.180. The van der Waals surface area contributed by atoms with Crippen molar-refractivity contribution in [2.45, 2.75) is 60.8 Å². The Bertz CT molecular complexity index is 657. The van der Waals surface area contributed by atoms with Crippen LogP contribution in [-0.2, 0) is 5.41 Å². The molecule has 1 aromatic rings. The van der Waals surface area contributed by atoms with Crippen LogP contribution in [0.3, 0.4) is 0 Å². The average molecular weight is 284 g/mol. The standard InChI is InChI=1S/C20H28O/c1-11-9-12(2)19(21)17(10-11)20(7,8)18-15(5)13(3)14(4)16(18)6/h9-10,13,21H,1-8H3. The Morgan fingerprint density at radius 2 is 1.52 bits per heavy atom. The zero-order valence-corrected chi connectivity index (χ0v) is 14.7. The zero-order valence-electron chi connectivity index (χ0n) is 14.7. The van der Waals surface area contributed by atoms with Crippen molar-refractivity contribution < 1.29 is 5.11 Å². The summed E-state index contributed by atoms with van der Waals surface area (Å²) < 4.78 is 0. The van der Waals surface area contributed by atoms with E-state index < -0.39 is 0 Å². The molecule has 1 unspecified atom stereocenters. The van der Waals surface area contributed by atoms with Crippen molar-refractivity contribution in [2.24, 2.45) is 5.92 Å². The van der Waals surface area contributed by atoms with Gasteiger partial charge in [0.1, 0.15) is 5.75 Å². The van der Waals surface area contributed by atoms with E-state index in [0.29, 0.717) is 11.7 Å². The first-order valence-corrected chi connectivity index (χ1v) is 7.78. The van der Waals surface area contributed by atoms with Crippen LogP contribution in [-0.4, -0.2) is 5.11 Å². The van der Waals surface area contributed by atoms with Gasteiger partial charge >= 0.3 is 0 Å². The van der Waals surface area contributed by atoms with E-state index in [-0.39, 0.29) is 5.41 Å². The van der Waals surface area contributed by atoms with Crippen molar-refractivity contribution in [3.63, 3.8) is 0 Å². The van der Waals surface area contributed by atoms with Crippen molar-refractivity contribution in [3.05, 3.63) is 51.1 Å². The number of allylic oxidation sites excluding steroid dienone is 4. The van der Waals surface area contributed by atoms with Gasteiger partial charge in [-0.05, 0) is 57.2 Å². The average Bonchev–Trinajstić information content (AvgIpc) is 2.58. The number of phenolic OH excluding ortho intramolecular Hbond substituents is 1. The van der Waals surface area contributed by atoms with Crippen molar-refractivity contribution in [1.29, 1.82) is 0 Å². The lowest BCUT2D eigenvalue weighted by Crippen LogP contribution is -2.22. The lowest BCUT2D eigenvalue weighted by atomic mass is 9.73. The molecule has 0 bridgehead atoms. The zero-order chi connectivity index (χ0) is 16.1. The highest BCUT2D eigenvalue weighted by Crippen LogP contribution is 2.49. The monoisotopic (exact) mass is 284 g/mol. The normalized spacial score (nSPS) is 19.7. The lowest BCUT2D eigenvalue weighted by molar-refractivity contribution is 0.447. The van der Waals surface area contributed by atoms with Gasteiger partial charge in [0.05, 0.1) is 0 Å². The number of aromatic hydroxyl groups is 1. The summed E-state index contributed by atoms with van der Waals surface area (Å²) >= 11 is 0. The van der Waals surface area contributed by atoms with Gasteiger partial charge < -0.3 is 5.11 Å². The molecule has 0 spiro atoms. The van der Waals surface area contributed by atoms with Crippen molar-refractivity contribution in [3.8, 4) is 5.75 Å². The van der Waals surface area contributed by atoms with Gasteiger partial charge in [-0.15, -0.1) is 0 Å². The molecule has 1 heteroatoms. The van der Waals surface area contributed by atoms with Crippen molar-refractivity contribution in [2.75, 3.05) is 0 Å². The maximum Gasteiger partial charge on any atom is 0.122 e. The van der Waals surface area contributed by atoms with Gasteiger partial charge in [0, 0.05) is 11.0 Å². The lowest BCUT2D eigenvalue weighted by Gasteiger charge is -2.31. The first-order chi connectivity index (χ1) is 9.59. The highest BCUT2D eigenvalue weighted by Gasteiger charge is 2.36. The molecule has 1 N–H and O–H groups in total. The molecule has 21 heavy (non-hydrogen) atoms. The molecule has 1 aliphatic carbocycles. The molecule has 0 heterocycles. The van der Waals surface area contributed by atoms with Gasteiger partial charge in [0.25, 0.3) is 0 Å². The molecule has 1 aliphatic rings. The number of benzene rings is 1. The van der Waals surface area contributed by atoms with Crippen LogP contribution < -0.4 is 0 Å². The first kappa shape index (κ1) is 15.9. The Kier molecular flexibility index (Phi) is 3.82. The van der Waals surface area contributed by atoms with Crippen molar-refractivity contribution in [1.82, 2.24) is 0 Å². The van der Waals surface area contributed by atoms with Crippen molar-refractivity contribution >= 4 is 0 Å². The van der Waals surface area contributed by atoms with Crippen LogP contribution in [0.15, 0.2) is 34.4 Å². The summed E-state index contributed by atoms with van der Waals surface area (Å²) in [6.07, 6.45) is 0. The predicted octanol–water partition coefficient (Wildman–Crippen LogP) is 5.59. The summed E-state index contributed by atoms with van der Waals surface area (Å²) in [7, 11) is 0. The molecule has 0 fully saturated rings. The second kappa shape index (κ2) is 5.05. The molecule has 1 nitrogen and oxygen atoms in total. The van der Waals surface area contributed by atoms with Gasteiger partial charge in [-0.3, -0.25) is 0 Å². The minimum Gasteiger partial charge on any atom is -0.507 e. The number of rotatable bonds is 2. The van der Waals surface area contributed by atoms with Crippen LogP contribution in [0.5, 0.6) is 5.75 Å². The van der Waals surface area contributed by atoms with Crippen LogP contribution in [0.1, 0.15) is 58.2 Å². The number of hydrogen-bond acceptors (Lipinski definition) is 1. The largest absolute Gasteiger partial charge is 0.507 e. The number of phenols is 1. The Morgan fingerprint density at radius 3 is 2.00 bits per heavy atom. The molecular weight excluding hydrogens is 256 g/mol. The van der Waals surface area contributed by atoms with E-state index in [1.54, 1.807) is 0 Å². The third-order valence-corrected chi connectivity index (χ3v) is 5.40. The fourth-order valence-electron chi connectivity index (χ4n) is 3.89. The van der Waals surface area contributed by atoms with Crippen LogP contribution in [0.25, 0.3) is 0 Å². The Balaban J connectivity index is 2.69. The number of aryl methyl sites for hydroxylation is 2. The highest BCUT2D eigenvalue weighted by atomic mass is 16.3. The Labute approximate surface area is 129 Å². The summed E-state index contributed by atoms with van der Waals surface area (Å²) in [5.74, 6) is 0.947. The molecule has 2 rings (SSSR count). The van der Waals surface area contributed by atoms with Crippen LogP contribution in [0.4, 0.5) is 0 Å². The molecule has 0 amide bonds. The summed E-state index contributed by atoms with van der Waals surface area (Å²) in [6, 6.07) is 4.18. The third kappa shape index (κ3) is 2.33. The summed E-state index contributed by atoms with van der Waals surface area (Å²) in [5, 5.41) is 10.6. The summed E-state index contributed by atoms with van der Waals surface area (Å²) in [4.78, 5) is 0. The minimum absolute atomic E-state index is 0.180. The second-order valence-electron chi connectivity index (χ2n) is 7.19. The molecule has 0 radical (unpaired) electrons. The quantitative estimate of drug-likeness (QED) is 0.750. The second-order valence-corrected chi connectivity index (χ2v) is 7.19. The highest BCUT2D eigenvalue weighted by molar-refractivity contribution is 5.59. The number of hydrogen-bond donors (Lipinski definition) is 1. The third-order valence-electron chi connectivity index (χ3n) is 5.40. The summed E-state index contributed by atoms with van der Waals surface area (Å²) in [6.45, 7) is 17.5. The van der Waals surface area contributed by atoms with E-state index in [0.717, 1.165) is 11.1 Å². The maximum absolute atomic E-state index is 10.6. The van der Waals surface area contributed by atoms with Crippen LogP contribution in [0, 0.1) is 19.8 Å². The van der Waals surface area contributed by atoms with E-state index in [2.05, 4.69) is 54.5 Å². The molecular formula is C20H28O. The smallest absolute Gasteiger partial charge is 0.122 e. The predicted molar refractivity (Wildman–Crippen MR) is 90.8 cm³/mol.